The Morgan fingerprint density at radius 1 is 1.18 bits per heavy atom. The van der Waals surface area contributed by atoms with Gasteiger partial charge >= 0.3 is 0 Å². The van der Waals surface area contributed by atoms with Gasteiger partial charge in [0, 0.05) is 0 Å². The van der Waals surface area contributed by atoms with Gasteiger partial charge in [0.1, 0.15) is 0 Å². The van der Waals surface area contributed by atoms with E-state index in [0.29, 0.717) is 18.9 Å². The molecule has 1 rings (SSSR count). The molecule has 0 radical (unpaired) electrons. The Morgan fingerprint density at radius 2 is 1.82 bits per heavy atom. The highest BCUT2D eigenvalue weighted by atomic mass is 16.3. The molecule has 3 N–H and O–H groups in total. The number of nitrogens with two attached hydrogens (primary N) is 1. The van der Waals surface area contributed by atoms with Crippen molar-refractivity contribution >= 4 is 0 Å². The highest BCUT2D eigenvalue weighted by Crippen LogP contribution is 2.19. The second kappa shape index (κ2) is 6.18. The predicted octanol–water partition coefficient (Wildman–Crippen LogP) is 2.44. The molecular weight excluding hydrogens is 210 g/mol. The largest absolute Gasteiger partial charge is 0.392 e. The van der Waals surface area contributed by atoms with E-state index < -0.39 is 0 Å². The van der Waals surface area contributed by atoms with Crippen LogP contribution in [-0.4, -0.2) is 17.8 Å². The van der Waals surface area contributed by atoms with E-state index in [1.807, 2.05) is 0 Å². The third kappa shape index (κ3) is 3.83. The number of rotatable bonds is 5. The first-order valence-corrected chi connectivity index (χ1v) is 6.40. The number of hydrogen-bond acceptors (Lipinski definition) is 2. The number of aryl methyl sites for hydroxylation is 2. The lowest BCUT2D eigenvalue weighted by molar-refractivity contribution is 0.0863. The van der Waals surface area contributed by atoms with Crippen LogP contribution >= 0.6 is 0 Å². The summed E-state index contributed by atoms with van der Waals surface area (Å²) in [6.45, 7) is 8.98. The first-order valence-electron chi connectivity index (χ1n) is 6.40. The topological polar surface area (TPSA) is 46.2 Å². The molecule has 2 heteroatoms. The Hall–Kier alpha value is -0.860. The smallest absolute Gasteiger partial charge is 0.0623 e. The Labute approximate surface area is 105 Å². The van der Waals surface area contributed by atoms with Gasteiger partial charge in [-0.1, -0.05) is 32.0 Å². The summed E-state index contributed by atoms with van der Waals surface area (Å²) in [5.41, 5.74) is 9.49. The molecule has 2 unspecified atom stereocenters. The molecule has 96 valence electrons. The van der Waals surface area contributed by atoms with Crippen LogP contribution in [-0.2, 0) is 6.42 Å². The highest BCUT2D eigenvalue weighted by Gasteiger charge is 2.21. The fourth-order valence-electron chi connectivity index (χ4n) is 2.20. The molecule has 0 fully saturated rings. The van der Waals surface area contributed by atoms with Crippen molar-refractivity contribution in [3.63, 3.8) is 0 Å². The van der Waals surface area contributed by atoms with Crippen LogP contribution in [0.15, 0.2) is 18.2 Å². The number of benzene rings is 1. The summed E-state index contributed by atoms with van der Waals surface area (Å²) in [6, 6.07) is 6.37. The molecule has 2 nitrogen and oxygen atoms in total. The zero-order chi connectivity index (χ0) is 13.0. The lowest BCUT2D eigenvalue weighted by atomic mass is 9.87. The molecule has 1 aromatic rings. The number of aliphatic hydroxyl groups excluding tert-OH is 1. The van der Waals surface area contributed by atoms with E-state index in [-0.39, 0.29) is 12.0 Å². The van der Waals surface area contributed by atoms with Crippen LogP contribution in [0.2, 0.25) is 0 Å². The maximum atomic E-state index is 10.2. The van der Waals surface area contributed by atoms with Crippen LogP contribution in [0, 0.1) is 25.7 Å². The van der Waals surface area contributed by atoms with Crippen molar-refractivity contribution in [1.29, 1.82) is 0 Å². The molecule has 0 amide bonds. The Morgan fingerprint density at radius 3 is 2.29 bits per heavy atom. The molecule has 17 heavy (non-hydrogen) atoms. The van der Waals surface area contributed by atoms with Crippen molar-refractivity contribution in [3.05, 3.63) is 34.9 Å². The van der Waals surface area contributed by atoms with E-state index in [9.17, 15) is 5.11 Å². The van der Waals surface area contributed by atoms with Crippen molar-refractivity contribution in [3.8, 4) is 0 Å². The number of hydrogen-bond donors (Lipinski definition) is 2. The van der Waals surface area contributed by atoms with Gasteiger partial charge in [-0.15, -0.1) is 0 Å². The molecule has 0 aliphatic heterocycles. The Balaban J connectivity index is 2.73. The second-order valence-corrected chi connectivity index (χ2v) is 5.33. The summed E-state index contributed by atoms with van der Waals surface area (Å²) in [4.78, 5) is 0. The van der Waals surface area contributed by atoms with Crippen LogP contribution < -0.4 is 5.73 Å². The maximum absolute atomic E-state index is 10.2. The number of aliphatic hydroxyl groups is 1. The van der Waals surface area contributed by atoms with E-state index in [4.69, 9.17) is 5.73 Å². The Bertz CT molecular complexity index is 360. The van der Waals surface area contributed by atoms with Gasteiger partial charge in [0.05, 0.1) is 6.10 Å². The van der Waals surface area contributed by atoms with Gasteiger partial charge in [-0.05, 0) is 55.3 Å². The highest BCUT2D eigenvalue weighted by molar-refractivity contribution is 5.30. The van der Waals surface area contributed by atoms with Crippen LogP contribution in [0.3, 0.4) is 0 Å². The lowest BCUT2D eigenvalue weighted by Crippen LogP contribution is -2.33. The first-order chi connectivity index (χ1) is 7.95. The molecule has 0 aliphatic rings. The van der Waals surface area contributed by atoms with Gasteiger partial charge in [0.25, 0.3) is 0 Å². The predicted molar refractivity (Wildman–Crippen MR) is 73.0 cm³/mol. The SMILES string of the molecule is Cc1ccc(CC(O)C(CN)C(C)C)cc1C. The van der Waals surface area contributed by atoms with Crippen molar-refractivity contribution in [2.75, 3.05) is 6.54 Å². The van der Waals surface area contributed by atoms with E-state index in [1.165, 1.54) is 16.7 Å². The van der Waals surface area contributed by atoms with E-state index in [2.05, 4.69) is 45.9 Å². The van der Waals surface area contributed by atoms with Gasteiger partial charge in [-0.2, -0.15) is 0 Å². The fourth-order valence-corrected chi connectivity index (χ4v) is 2.20. The van der Waals surface area contributed by atoms with Crippen molar-refractivity contribution in [2.24, 2.45) is 17.6 Å². The van der Waals surface area contributed by atoms with Crippen LogP contribution in [0.4, 0.5) is 0 Å². The first kappa shape index (κ1) is 14.2. The third-order valence-corrected chi connectivity index (χ3v) is 3.64. The Kier molecular flexibility index (Phi) is 5.16. The standard InChI is InChI=1S/C15H25NO/c1-10(2)14(9-16)15(17)8-13-6-5-11(3)12(4)7-13/h5-7,10,14-15,17H,8-9,16H2,1-4H3. The van der Waals surface area contributed by atoms with E-state index >= 15 is 0 Å². The van der Waals surface area contributed by atoms with Crippen LogP contribution in [0.5, 0.6) is 0 Å². The normalized spacial score (nSPS) is 15.0. The summed E-state index contributed by atoms with van der Waals surface area (Å²) in [6.07, 6.45) is 0.350. The summed E-state index contributed by atoms with van der Waals surface area (Å²) >= 11 is 0. The van der Waals surface area contributed by atoms with Crippen LogP contribution in [0.1, 0.15) is 30.5 Å². The lowest BCUT2D eigenvalue weighted by Gasteiger charge is -2.25. The van der Waals surface area contributed by atoms with E-state index in [1.54, 1.807) is 0 Å². The summed E-state index contributed by atoms with van der Waals surface area (Å²) < 4.78 is 0. The van der Waals surface area contributed by atoms with Crippen molar-refractivity contribution in [2.45, 2.75) is 40.2 Å². The zero-order valence-corrected chi connectivity index (χ0v) is 11.4. The summed E-state index contributed by atoms with van der Waals surface area (Å²) in [7, 11) is 0. The molecule has 0 spiro atoms. The summed E-state index contributed by atoms with van der Waals surface area (Å²) in [5, 5.41) is 10.2. The molecule has 0 aliphatic carbocycles. The van der Waals surface area contributed by atoms with Gasteiger partial charge in [-0.3, -0.25) is 0 Å². The monoisotopic (exact) mass is 235 g/mol. The molecule has 2 atom stereocenters. The van der Waals surface area contributed by atoms with Crippen LogP contribution in [0.25, 0.3) is 0 Å². The molecule has 1 aromatic carbocycles. The minimum atomic E-state index is -0.345. The zero-order valence-electron chi connectivity index (χ0n) is 11.4. The molecule has 0 heterocycles. The average Bonchev–Trinajstić information content (AvgIpc) is 2.24. The third-order valence-electron chi connectivity index (χ3n) is 3.64. The second-order valence-electron chi connectivity index (χ2n) is 5.33. The van der Waals surface area contributed by atoms with Gasteiger partial charge < -0.3 is 10.8 Å². The maximum Gasteiger partial charge on any atom is 0.0623 e. The van der Waals surface area contributed by atoms with Gasteiger partial charge in [-0.25, -0.2) is 0 Å². The fraction of sp³-hybridized carbons (Fsp3) is 0.600. The average molecular weight is 235 g/mol. The van der Waals surface area contributed by atoms with Gasteiger partial charge in [0.2, 0.25) is 0 Å². The summed E-state index contributed by atoms with van der Waals surface area (Å²) in [5.74, 6) is 0.596. The van der Waals surface area contributed by atoms with Crippen molar-refractivity contribution < 1.29 is 5.11 Å². The molecule has 0 saturated heterocycles. The molecular formula is C15H25NO. The van der Waals surface area contributed by atoms with Gasteiger partial charge in [0.15, 0.2) is 0 Å². The van der Waals surface area contributed by atoms with E-state index in [0.717, 1.165) is 0 Å². The molecule has 0 aromatic heterocycles. The van der Waals surface area contributed by atoms with Crippen molar-refractivity contribution in [1.82, 2.24) is 0 Å². The minimum Gasteiger partial charge on any atom is -0.392 e. The molecule has 0 bridgehead atoms. The minimum absolute atomic E-state index is 0.177. The molecule has 0 saturated carbocycles. The quantitative estimate of drug-likeness (QED) is 0.823.